The first-order valence-corrected chi connectivity index (χ1v) is 8.45. The van der Waals surface area contributed by atoms with Gasteiger partial charge in [0.15, 0.2) is 5.60 Å². The molecule has 3 aromatic carbocycles. The van der Waals surface area contributed by atoms with E-state index in [1.54, 1.807) is 48.5 Å². The molecule has 0 bridgehead atoms. The number of aromatic hydroxyl groups is 1. The highest BCUT2D eigenvalue weighted by molar-refractivity contribution is 6.35. The number of nitrogens with two attached hydrogens (primary N) is 1. The molecule has 0 radical (unpaired) electrons. The fourth-order valence-electron chi connectivity index (χ4n) is 2.91. The Bertz CT molecular complexity index is 956. The van der Waals surface area contributed by atoms with Crippen molar-refractivity contribution < 1.29 is 15.0 Å². The number of hydrogen-bond donors (Lipinski definition) is 3. The molecule has 26 heavy (non-hydrogen) atoms. The second-order valence-electron chi connectivity index (χ2n) is 5.83. The molecule has 0 fully saturated rings. The lowest BCUT2D eigenvalue weighted by Crippen LogP contribution is -2.42. The van der Waals surface area contributed by atoms with Crippen LogP contribution in [0, 0.1) is 0 Å². The van der Waals surface area contributed by atoms with Crippen molar-refractivity contribution in [3.05, 3.63) is 87.9 Å². The number of aliphatic hydroxyl groups is 1. The minimum absolute atomic E-state index is 0.0419. The number of rotatable bonds is 4. The van der Waals surface area contributed by atoms with Gasteiger partial charge in [0.05, 0.1) is 0 Å². The van der Waals surface area contributed by atoms with Gasteiger partial charge in [-0.25, -0.2) is 0 Å². The zero-order valence-electron chi connectivity index (χ0n) is 13.5. The lowest BCUT2D eigenvalue weighted by atomic mass is 9.81. The molecule has 0 spiro atoms. The van der Waals surface area contributed by atoms with E-state index < -0.39 is 11.5 Å². The smallest absolute Gasteiger partial charge is 0.258 e. The van der Waals surface area contributed by atoms with E-state index in [2.05, 4.69) is 0 Å². The van der Waals surface area contributed by atoms with Crippen molar-refractivity contribution in [3.63, 3.8) is 0 Å². The Morgan fingerprint density at radius 2 is 1.54 bits per heavy atom. The predicted molar refractivity (Wildman–Crippen MR) is 102 cm³/mol. The Morgan fingerprint density at radius 3 is 2.12 bits per heavy atom. The summed E-state index contributed by atoms with van der Waals surface area (Å²) in [6, 6.07) is 17.4. The molecule has 132 valence electrons. The topological polar surface area (TPSA) is 83.6 Å². The number of carbonyl (C=O) groups is 1. The van der Waals surface area contributed by atoms with E-state index in [4.69, 9.17) is 28.9 Å². The minimum atomic E-state index is -2.10. The number of halogens is 2. The monoisotopic (exact) mass is 387 g/mol. The van der Waals surface area contributed by atoms with Crippen molar-refractivity contribution in [2.75, 3.05) is 0 Å². The molecule has 0 saturated heterocycles. The van der Waals surface area contributed by atoms with Gasteiger partial charge in [-0.15, -0.1) is 0 Å². The van der Waals surface area contributed by atoms with Crippen molar-refractivity contribution in [1.29, 1.82) is 0 Å². The van der Waals surface area contributed by atoms with Crippen LogP contribution in [-0.4, -0.2) is 16.1 Å². The fraction of sp³-hybridized carbons (Fsp3) is 0.0500. The molecule has 0 aromatic heterocycles. The molecule has 0 heterocycles. The summed E-state index contributed by atoms with van der Waals surface area (Å²) >= 11 is 12.2. The fourth-order valence-corrected chi connectivity index (χ4v) is 3.43. The van der Waals surface area contributed by atoms with Crippen molar-refractivity contribution in [2.24, 2.45) is 5.73 Å². The SMILES string of the molecule is NC(=O)C(O)(c1ccccc1)c1ccc(O)cc1-c1cc(Cl)cc(Cl)c1. The molecule has 0 saturated carbocycles. The van der Waals surface area contributed by atoms with Crippen LogP contribution in [0.4, 0.5) is 0 Å². The molecule has 1 amide bonds. The summed E-state index contributed by atoms with van der Waals surface area (Å²) in [5.74, 6) is -0.983. The summed E-state index contributed by atoms with van der Waals surface area (Å²) < 4.78 is 0. The van der Waals surface area contributed by atoms with Gasteiger partial charge in [-0.2, -0.15) is 0 Å². The highest BCUT2D eigenvalue weighted by Gasteiger charge is 2.40. The van der Waals surface area contributed by atoms with Crippen molar-refractivity contribution >= 4 is 29.1 Å². The zero-order valence-corrected chi connectivity index (χ0v) is 15.0. The molecular weight excluding hydrogens is 373 g/mol. The van der Waals surface area contributed by atoms with Crippen LogP contribution in [0.3, 0.4) is 0 Å². The van der Waals surface area contributed by atoms with Gasteiger partial charge >= 0.3 is 0 Å². The number of hydrogen-bond acceptors (Lipinski definition) is 3. The van der Waals surface area contributed by atoms with Gasteiger partial charge < -0.3 is 15.9 Å². The Labute approximate surface area is 160 Å². The average molecular weight is 388 g/mol. The largest absolute Gasteiger partial charge is 0.508 e. The van der Waals surface area contributed by atoms with E-state index in [1.165, 1.54) is 18.2 Å². The number of amides is 1. The summed E-state index contributed by atoms with van der Waals surface area (Å²) in [6.07, 6.45) is 0. The van der Waals surface area contributed by atoms with Crippen LogP contribution < -0.4 is 5.73 Å². The van der Waals surface area contributed by atoms with Gasteiger partial charge in [0.1, 0.15) is 5.75 Å². The van der Waals surface area contributed by atoms with Gasteiger partial charge in [-0.3, -0.25) is 4.79 Å². The van der Waals surface area contributed by atoms with E-state index in [0.29, 0.717) is 26.7 Å². The lowest BCUT2D eigenvalue weighted by molar-refractivity contribution is -0.133. The van der Waals surface area contributed by atoms with E-state index in [-0.39, 0.29) is 11.3 Å². The maximum absolute atomic E-state index is 12.3. The molecule has 0 aliphatic heterocycles. The van der Waals surface area contributed by atoms with Gasteiger partial charge in [-0.1, -0.05) is 59.6 Å². The average Bonchev–Trinajstić information content (AvgIpc) is 2.60. The van der Waals surface area contributed by atoms with Crippen LogP contribution in [0.1, 0.15) is 11.1 Å². The Morgan fingerprint density at radius 1 is 0.923 bits per heavy atom. The second kappa shape index (κ2) is 7.00. The second-order valence-corrected chi connectivity index (χ2v) is 6.70. The van der Waals surface area contributed by atoms with Crippen LogP contribution in [0.15, 0.2) is 66.7 Å². The Kier molecular flexibility index (Phi) is 4.92. The summed E-state index contributed by atoms with van der Waals surface area (Å²) in [7, 11) is 0. The third-order valence-corrected chi connectivity index (χ3v) is 4.55. The van der Waals surface area contributed by atoms with Gasteiger partial charge in [0, 0.05) is 15.6 Å². The van der Waals surface area contributed by atoms with Gasteiger partial charge in [-0.05, 0) is 47.0 Å². The van der Waals surface area contributed by atoms with Crippen molar-refractivity contribution in [2.45, 2.75) is 5.60 Å². The molecule has 0 aliphatic carbocycles. The van der Waals surface area contributed by atoms with Gasteiger partial charge in [0.25, 0.3) is 5.91 Å². The molecule has 0 aliphatic rings. The molecular formula is C20H15Cl2NO3. The Balaban J connectivity index is 2.32. The van der Waals surface area contributed by atoms with Crippen LogP contribution in [-0.2, 0) is 10.4 Å². The third kappa shape index (κ3) is 3.27. The molecule has 1 atom stereocenters. The molecule has 3 aromatic rings. The zero-order chi connectivity index (χ0) is 18.9. The summed E-state index contributed by atoms with van der Waals surface area (Å²) in [5.41, 5.74) is 4.93. The molecule has 4 nitrogen and oxygen atoms in total. The standard InChI is InChI=1S/C20H15Cl2NO3/c21-14-8-12(9-15(22)10-14)17-11-16(24)6-7-18(17)20(26,19(23)25)13-4-2-1-3-5-13/h1-11,24,26H,(H2,23,25). The van der Waals surface area contributed by atoms with Crippen molar-refractivity contribution in [1.82, 2.24) is 0 Å². The van der Waals surface area contributed by atoms with Crippen molar-refractivity contribution in [3.8, 4) is 16.9 Å². The van der Waals surface area contributed by atoms with Crippen LogP contribution in [0.5, 0.6) is 5.75 Å². The van der Waals surface area contributed by atoms with Crippen LogP contribution >= 0.6 is 23.2 Å². The highest BCUT2D eigenvalue weighted by atomic mass is 35.5. The summed E-state index contributed by atoms with van der Waals surface area (Å²) in [5, 5.41) is 22.0. The molecule has 1 unspecified atom stereocenters. The maximum Gasteiger partial charge on any atom is 0.258 e. The Hall–Kier alpha value is -2.53. The normalized spacial score (nSPS) is 13.2. The predicted octanol–water partition coefficient (Wildman–Crippen LogP) is 4.09. The third-order valence-electron chi connectivity index (χ3n) is 4.11. The van der Waals surface area contributed by atoms with Crippen LogP contribution in [0.2, 0.25) is 10.0 Å². The van der Waals surface area contributed by atoms with E-state index in [0.717, 1.165) is 0 Å². The summed E-state index contributed by atoms with van der Waals surface area (Å²) in [4.78, 5) is 12.3. The summed E-state index contributed by atoms with van der Waals surface area (Å²) in [6.45, 7) is 0. The first-order chi connectivity index (χ1) is 12.3. The maximum atomic E-state index is 12.3. The molecule has 4 N–H and O–H groups in total. The number of primary amides is 1. The van der Waals surface area contributed by atoms with E-state index in [1.807, 2.05) is 0 Å². The molecule has 6 heteroatoms. The van der Waals surface area contributed by atoms with Crippen LogP contribution in [0.25, 0.3) is 11.1 Å². The molecule has 3 rings (SSSR count). The number of carbonyl (C=O) groups excluding carboxylic acids is 1. The van der Waals surface area contributed by atoms with Gasteiger partial charge in [0.2, 0.25) is 0 Å². The number of benzene rings is 3. The minimum Gasteiger partial charge on any atom is -0.508 e. The lowest BCUT2D eigenvalue weighted by Gasteiger charge is -2.28. The number of phenolic OH excluding ortho intramolecular Hbond substituents is 1. The number of phenols is 1. The first kappa shape index (κ1) is 18.3. The highest BCUT2D eigenvalue weighted by Crippen LogP contribution is 2.39. The van der Waals surface area contributed by atoms with E-state index >= 15 is 0 Å². The first-order valence-electron chi connectivity index (χ1n) is 7.70. The van der Waals surface area contributed by atoms with E-state index in [9.17, 15) is 15.0 Å². The quantitative estimate of drug-likeness (QED) is 0.630.